The number of likely N-dealkylation sites (tertiary alicyclic amines) is 1. The van der Waals surface area contributed by atoms with Gasteiger partial charge in [0.2, 0.25) is 5.91 Å². The van der Waals surface area contributed by atoms with Gasteiger partial charge in [-0.05, 0) is 52.7 Å². The highest BCUT2D eigenvalue weighted by Crippen LogP contribution is 2.30. The normalized spacial score (nSPS) is 16.7. The molecule has 1 amide bonds. The number of amides is 1. The molecule has 8 heteroatoms. The molecule has 4 rings (SSSR count). The lowest BCUT2D eigenvalue weighted by Crippen LogP contribution is -2.40. The van der Waals surface area contributed by atoms with Crippen molar-refractivity contribution >= 4 is 28.1 Å². The van der Waals surface area contributed by atoms with Crippen LogP contribution in [-0.4, -0.2) is 39.0 Å². The van der Waals surface area contributed by atoms with Crippen LogP contribution in [0, 0.1) is 27.7 Å². The number of aromatic nitrogens is 3. The lowest BCUT2D eigenvalue weighted by molar-refractivity contribution is -0.131. The minimum atomic E-state index is 0.123. The van der Waals surface area contributed by atoms with E-state index in [1.807, 2.05) is 44.0 Å². The van der Waals surface area contributed by atoms with Crippen LogP contribution < -0.4 is 5.32 Å². The minimum Gasteiger partial charge on any atom is -0.361 e. The van der Waals surface area contributed by atoms with E-state index in [2.05, 4.69) is 21.5 Å². The monoisotopic (exact) mass is 425 g/mol. The van der Waals surface area contributed by atoms with E-state index in [0.29, 0.717) is 13.0 Å². The Morgan fingerprint density at radius 2 is 2.07 bits per heavy atom. The third kappa shape index (κ3) is 4.53. The van der Waals surface area contributed by atoms with Crippen LogP contribution in [0.2, 0.25) is 0 Å². The number of hydrogen-bond acceptors (Lipinski definition) is 7. The first-order valence-electron chi connectivity index (χ1n) is 10.3. The van der Waals surface area contributed by atoms with Crippen molar-refractivity contribution in [1.29, 1.82) is 0 Å². The topological polar surface area (TPSA) is 84.2 Å². The predicted octanol–water partition coefficient (Wildman–Crippen LogP) is 4.45. The quantitative estimate of drug-likeness (QED) is 0.650. The number of aryl methyl sites for hydroxylation is 4. The van der Waals surface area contributed by atoms with Crippen LogP contribution in [0.1, 0.15) is 52.9 Å². The van der Waals surface area contributed by atoms with Crippen LogP contribution in [0.3, 0.4) is 0 Å². The van der Waals surface area contributed by atoms with E-state index >= 15 is 0 Å². The van der Waals surface area contributed by atoms with Crippen LogP contribution in [-0.2, 0) is 11.2 Å². The Hall–Kier alpha value is -2.74. The van der Waals surface area contributed by atoms with E-state index in [4.69, 9.17) is 9.51 Å². The molecule has 7 nitrogen and oxygen atoms in total. The molecule has 0 saturated carbocycles. The fourth-order valence-corrected chi connectivity index (χ4v) is 4.68. The number of rotatable bonds is 5. The second-order valence-electron chi connectivity index (χ2n) is 8.00. The highest BCUT2D eigenvalue weighted by molar-refractivity contribution is 7.13. The summed E-state index contributed by atoms with van der Waals surface area (Å²) in [6.45, 7) is 9.21. The lowest BCUT2D eigenvalue weighted by atomic mass is 9.93. The average Bonchev–Trinajstić information content (AvgIpc) is 3.27. The lowest BCUT2D eigenvalue weighted by Gasteiger charge is -2.33. The molecule has 30 heavy (non-hydrogen) atoms. The summed E-state index contributed by atoms with van der Waals surface area (Å²) in [6.07, 6.45) is 2.34. The Kier molecular flexibility index (Phi) is 5.85. The summed E-state index contributed by atoms with van der Waals surface area (Å²) in [5.74, 6) is 1.08. The van der Waals surface area contributed by atoms with Crippen LogP contribution in [0.15, 0.2) is 22.0 Å². The molecule has 1 atom stereocenters. The first-order chi connectivity index (χ1) is 14.4. The molecule has 0 aliphatic carbocycles. The molecule has 1 aliphatic rings. The molecule has 1 saturated heterocycles. The molecule has 0 bridgehead atoms. The number of nitrogens with zero attached hydrogens (tertiary/aromatic N) is 4. The second-order valence-corrected chi connectivity index (χ2v) is 8.86. The van der Waals surface area contributed by atoms with Gasteiger partial charge >= 0.3 is 0 Å². The van der Waals surface area contributed by atoms with Gasteiger partial charge < -0.3 is 14.7 Å². The molecule has 1 aliphatic heterocycles. The summed E-state index contributed by atoms with van der Waals surface area (Å²) in [4.78, 5) is 24.2. The summed E-state index contributed by atoms with van der Waals surface area (Å²) >= 11 is 1.59. The highest BCUT2D eigenvalue weighted by atomic mass is 32.1. The SMILES string of the molecule is Cc1cc(Nc2nc(C)cs2)cc([C@@H]2CCCN(C(=O)Cc3c(C)noc3C)C2)n1. The molecule has 1 fully saturated rings. The number of piperidine rings is 1. The number of nitrogens with one attached hydrogen (secondary N) is 1. The Labute approximate surface area is 180 Å². The molecule has 0 unspecified atom stereocenters. The van der Waals surface area contributed by atoms with Gasteiger partial charge in [-0.1, -0.05) is 5.16 Å². The van der Waals surface area contributed by atoms with Gasteiger partial charge in [-0.25, -0.2) is 4.98 Å². The van der Waals surface area contributed by atoms with E-state index in [-0.39, 0.29) is 11.8 Å². The fourth-order valence-electron chi connectivity index (χ4n) is 3.97. The molecule has 0 spiro atoms. The van der Waals surface area contributed by atoms with Crippen LogP contribution >= 0.6 is 11.3 Å². The smallest absolute Gasteiger partial charge is 0.227 e. The van der Waals surface area contributed by atoms with E-state index in [0.717, 1.165) is 64.3 Å². The van der Waals surface area contributed by atoms with Crippen LogP contribution in [0.4, 0.5) is 10.8 Å². The van der Waals surface area contributed by atoms with Crippen LogP contribution in [0.5, 0.6) is 0 Å². The van der Waals surface area contributed by atoms with Crippen molar-refractivity contribution in [2.45, 2.75) is 52.9 Å². The van der Waals surface area contributed by atoms with Crippen molar-refractivity contribution in [2.75, 3.05) is 18.4 Å². The molecular weight excluding hydrogens is 398 g/mol. The summed E-state index contributed by atoms with van der Waals surface area (Å²) in [6, 6.07) is 4.13. The highest BCUT2D eigenvalue weighted by Gasteiger charge is 2.27. The zero-order valence-corrected chi connectivity index (χ0v) is 18.7. The van der Waals surface area contributed by atoms with Crippen molar-refractivity contribution in [3.63, 3.8) is 0 Å². The Morgan fingerprint density at radius 3 is 2.77 bits per heavy atom. The fraction of sp³-hybridized carbons (Fsp3) is 0.455. The van der Waals surface area contributed by atoms with Crippen LogP contribution in [0.25, 0.3) is 0 Å². The molecule has 3 aromatic heterocycles. The van der Waals surface area contributed by atoms with Gasteiger partial charge in [0.25, 0.3) is 0 Å². The first kappa shape index (κ1) is 20.5. The number of thiazole rings is 1. The number of carbonyl (C=O) groups is 1. The van der Waals surface area contributed by atoms with Gasteiger partial charge in [0.1, 0.15) is 5.76 Å². The van der Waals surface area contributed by atoms with Gasteiger partial charge in [-0.3, -0.25) is 9.78 Å². The molecule has 158 valence electrons. The van der Waals surface area contributed by atoms with Crippen molar-refractivity contribution in [2.24, 2.45) is 0 Å². The average molecular weight is 426 g/mol. The van der Waals surface area contributed by atoms with E-state index in [9.17, 15) is 4.79 Å². The number of carbonyl (C=O) groups excluding carboxylic acids is 1. The molecular formula is C22H27N5O2S. The predicted molar refractivity (Wildman–Crippen MR) is 117 cm³/mol. The summed E-state index contributed by atoms with van der Waals surface area (Å²) < 4.78 is 5.21. The maximum absolute atomic E-state index is 12.9. The number of hydrogen-bond donors (Lipinski definition) is 1. The summed E-state index contributed by atoms with van der Waals surface area (Å²) in [5.41, 5.74) is 5.69. The number of anilines is 2. The standard InChI is InChI=1S/C22H27N5O2S/c1-13-8-18(25-22-24-14(2)12-30-22)9-20(23-13)17-6-5-7-27(11-17)21(28)10-19-15(3)26-29-16(19)4/h8-9,12,17H,5-7,10-11H2,1-4H3,(H,23,24,25)/t17-/m1/s1. The number of pyridine rings is 1. The maximum Gasteiger partial charge on any atom is 0.227 e. The van der Waals surface area contributed by atoms with Gasteiger partial charge in [0.15, 0.2) is 5.13 Å². The van der Waals surface area contributed by atoms with E-state index in [1.165, 1.54) is 0 Å². The largest absolute Gasteiger partial charge is 0.361 e. The van der Waals surface area contributed by atoms with Gasteiger partial charge in [-0.15, -0.1) is 11.3 Å². The Morgan fingerprint density at radius 1 is 1.23 bits per heavy atom. The first-order valence-corrected chi connectivity index (χ1v) is 11.1. The van der Waals surface area contributed by atoms with E-state index < -0.39 is 0 Å². The zero-order chi connectivity index (χ0) is 21.3. The Bertz CT molecular complexity index is 1040. The van der Waals surface area contributed by atoms with Crippen molar-refractivity contribution in [3.8, 4) is 0 Å². The molecule has 0 aromatic carbocycles. The van der Waals surface area contributed by atoms with E-state index in [1.54, 1.807) is 11.3 Å². The van der Waals surface area contributed by atoms with Crippen molar-refractivity contribution < 1.29 is 9.32 Å². The van der Waals surface area contributed by atoms with Gasteiger partial charge in [0, 0.05) is 47.0 Å². The minimum absolute atomic E-state index is 0.123. The molecule has 1 N–H and O–H groups in total. The third-order valence-corrected chi connectivity index (χ3v) is 6.42. The summed E-state index contributed by atoms with van der Waals surface area (Å²) in [5, 5.41) is 10.3. The molecule has 3 aromatic rings. The summed E-state index contributed by atoms with van der Waals surface area (Å²) in [7, 11) is 0. The second kappa shape index (κ2) is 8.55. The molecule has 0 radical (unpaired) electrons. The maximum atomic E-state index is 12.9. The van der Waals surface area contributed by atoms with Gasteiger partial charge in [0.05, 0.1) is 17.8 Å². The van der Waals surface area contributed by atoms with Crippen molar-refractivity contribution in [1.82, 2.24) is 20.0 Å². The molecule has 4 heterocycles. The zero-order valence-electron chi connectivity index (χ0n) is 17.9. The third-order valence-electron chi connectivity index (χ3n) is 5.55. The van der Waals surface area contributed by atoms with Crippen molar-refractivity contribution in [3.05, 3.63) is 51.6 Å². The van der Waals surface area contributed by atoms with Gasteiger partial charge in [-0.2, -0.15) is 0 Å². The Balaban J connectivity index is 1.48.